The number of carbonyl (C=O) groups excluding carboxylic acids is 1. The maximum atomic E-state index is 13.2. The van der Waals surface area contributed by atoms with Gasteiger partial charge in [0.1, 0.15) is 22.2 Å². The highest BCUT2D eigenvalue weighted by Gasteiger charge is 2.48. The summed E-state index contributed by atoms with van der Waals surface area (Å²) in [5.74, 6) is -0.575. The minimum absolute atomic E-state index is 0.0681. The summed E-state index contributed by atoms with van der Waals surface area (Å²) in [5.41, 5.74) is 6.54. The van der Waals surface area contributed by atoms with Crippen LogP contribution in [0.2, 0.25) is 0 Å². The number of rotatable bonds is 6. The molecule has 1 amide bonds. The first kappa shape index (κ1) is 21.2. The summed E-state index contributed by atoms with van der Waals surface area (Å²) in [5, 5.41) is 10.6. The van der Waals surface area contributed by atoms with E-state index in [1.807, 2.05) is 0 Å². The zero-order valence-corrected chi connectivity index (χ0v) is 17.9. The highest BCUT2D eigenvalue weighted by molar-refractivity contribution is 7.89. The number of amides is 1. The van der Waals surface area contributed by atoms with E-state index in [0.29, 0.717) is 28.4 Å². The number of benzene rings is 1. The minimum Gasteiger partial charge on any atom is -0.369 e. The first-order valence-electron chi connectivity index (χ1n) is 9.65. The number of aromatic nitrogens is 3. The van der Waals surface area contributed by atoms with E-state index in [4.69, 9.17) is 10.3 Å². The molecule has 0 spiro atoms. The number of aryl methyl sites for hydroxylation is 2. The van der Waals surface area contributed by atoms with Crippen LogP contribution in [-0.2, 0) is 21.2 Å². The molecule has 1 atom stereocenters. The van der Waals surface area contributed by atoms with Gasteiger partial charge in [-0.1, -0.05) is 5.16 Å². The van der Waals surface area contributed by atoms with Gasteiger partial charge in [0.25, 0.3) is 0 Å². The van der Waals surface area contributed by atoms with Crippen LogP contribution in [0.1, 0.15) is 23.6 Å². The molecule has 1 fully saturated rings. The lowest BCUT2D eigenvalue weighted by Gasteiger charge is -2.24. The van der Waals surface area contributed by atoms with E-state index >= 15 is 0 Å². The predicted molar refractivity (Wildman–Crippen MR) is 109 cm³/mol. The summed E-state index contributed by atoms with van der Waals surface area (Å²) >= 11 is 0. The van der Waals surface area contributed by atoms with Crippen molar-refractivity contribution in [2.45, 2.75) is 31.6 Å². The predicted octanol–water partition coefficient (Wildman–Crippen LogP) is 1.93. The molecule has 1 aliphatic rings. The maximum absolute atomic E-state index is 13.2. The first-order valence-corrected chi connectivity index (χ1v) is 11.1. The van der Waals surface area contributed by atoms with Crippen molar-refractivity contribution < 1.29 is 22.1 Å². The zero-order chi connectivity index (χ0) is 22.4. The molecule has 1 saturated heterocycles. The van der Waals surface area contributed by atoms with Crippen molar-refractivity contribution in [2.75, 3.05) is 13.1 Å². The molecule has 3 aromatic rings. The van der Waals surface area contributed by atoms with Crippen LogP contribution in [0.15, 0.2) is 39.8 Å². The largest absolute Gasteiger partial charge is 0.369 e. The van der Waals surface area contributed by atoms with Crippen molar-refractivity contribution in [1.82, 2.24) is 19.7 Å². The number of nitrogens with zero attached hydrogens (tertiary/aromatic N) is 3. The Hall–Kier alpha value is -3.05. The molecule has 0 aliphatic carbocycles. The van der Waals surface area contributed by atoms with Gasteiger partial charge in [-0.2, -0.15) is 9.40 Å². The third kappa shape index (κ3) is 3.74. The van der Waals surface area contributed by atoms with Gasteiger partial charge in [-0.3, -0.25) is 9.89 Å². The number of sulfonamides is 1. The SMILES string of the molecule is Cc1n[nH]c(C)c1S(=O)(=O)N1CCC(Cc2cc(-c3ccc(F)cc3)no2)(C(N)=O)C1. The number of hydrogen-bond acceptors (Lipinski definition) is 6. The lowest BCUT2D eigenvalue weighted by Crippen LogP contribution is -2.42. The number of aromatic amines is 1. The smallest absolute Gasteiger partial charge is 0.246 e. The first-order chi connectivity index (χ1) is 14.6. The van der Waals surface area contributed by atoms with E-state index in [2.05, 4.69) is 15.4 Å². The summed E-state index contributed by atoms with van der Waals surface area (Å²) in [6.45, 7) is 3.32. The second-order valence-corrected chi connectivity index (χ2v) is 9.73. The molecule has 4 rings (SSSR count). The van der Waals surface area contributed by atoms with Gasteiger partial charge in [0, 0.05) is 31.1 Å². The Bertz CT molecular complexity index is 1220. The normalized spacial score (nSPS) is 19.7. The summed E-state index contributed by atoms with van der Waals surface area (Å²) in [4.78, 5) is 12.5. The molecule has 31 heavy (non-hydrogen) atoms. The van der Waals surface area contributed by atoms with Gasteiger partial charge >= 0.3 is 0 Å². The van der Waals surface area contributed by atoms with E-state index in [1.54, 1.807) is 32.0 Å². The standard InChI is InChI=1S/C20H22FN5O4S/c1-12-18(13(2)24-23-12)31(28,29)26-8-7-20(11-26,19(22)27)10-16-9-17(25-30-16)14-3-5-15(21)6-4-14/h3-6,9H,7-8,10-11H2,1-2H3,(H2,22,27)(H,23,24). The lowest BCUT2D eigenvalue weighted by molar-refractivity contribution is -0.127. The molecular weight excluding hydrogens is 425 g/mol. The van der Waals surface area contributed by atoms with E-state index in [0.717, 1.165) is 0 Å². The van der Waals surface area contributed by atoms with E-state index in [9.17, 15) is 17.6 Å². The van der Waals surface area contributed by atoms with Gasteiger partial charge in [-0.15, -0.1) is 0 Å². The van der Waals surface area contributed by atoms with Gasteiger partial charge < -0.3 is 10.3 Å². The van der Waals surface area contributed by atoms with Crippen LogP contribution in [0.4, 0.5) is 4.39 Å². The highest BCUT2D eigenvalue weighted by atomic mass is 32.2. The summed E-state index contributed by atoms with van der Waals surface area (Å²) in [6.07, 6.45) is 0.357. The maximum Gasteiger partial charge on any atom is 0.246 e. The second-order valence-electron chi connectivity index (χ2n) is 7.86. The molecule has 1 unspecified atom stereocenters. The van der Waals surface area contributed by atoms with Crippen molar-refractivity contribution in [2.24, 2.45) is 11.1 Å². The molecule has 3 heterocycles. The summed E-state index contributed by atoms with van der Waals surface area (Å²) < 4.78 is 46.1. The molecule has 0 radical (unpaired) electrons. The topological polar surface area (TPSA) is 135 Å². The minimum atomic E-state index is -3.85. The molecule has 0 saturated carbocycles. The van der Waals surface area contributed by atoms with Crippen molar-refractivity contribution in [1.29, 1.82) is 0 Å². The molecule has 164 valence electrons. The van der Waals surface area contributed by atoms with E-state index in [1.165, 1.54) is 16.4 Å². The van der Waals surface area contributed by atoms with Crippen molar-refractivity contribution in [3.8, 4) is 11.3 Å². The Morgan fingerprint density at radius 3 is 2.65 bits per heavy atom. The number of nitrogens with two attached hydrogens (primary N) is 1. The van der Waals surface area contributed by atoms with Crippen LogP contribution in [-0.4, -0.2) is 47.1 Å². The molecule has 11 heteroatoms. The number of primary amides is 1. The third-order valence-corrected chi connectivity index (χ3v) is 7.82. The molecule has 9 nitrogen and oxygen atoms in total. The van der Waals surface area contributed by atoms with Crippen molar-refractivity contribution in [3.05, 3.63) is 53.3 Å². The number of hydrogen-bond donors (Lipinski definition) is 2. The van der Waals surface area contributed by atoms with Crippen LogP contribution in [0.25, 0.3) is 11.3 Å². The Morgan fingerprint density at radius 1 is 1.32 bits per heavy atom. The lowest BCUT2D eigenvalue weighted by atomic mass is 9.82. The third-order valence-electron chi connectivity index (χ3n) is 5.71. The van der Waals surface area contributed by atoms with Gasteiger partial charge in [-0.05, 0) is 44.5 Å². The summed E-state index contributed by atoms with van der Waals surface area (Å²) in [6, 6.07) is 7.42. The van der Waals surface area contributed by atoms with Gasteiger partial charge in [-0.25, -0.2) is 12.8 Å². The Morgan fingerprint density at radius 2 is 2.03 bits per heavy atom. The fourth-order valence-electron chi connectivity index (χ4n) is 4.01. The fourth-order valence-corrected chi connectivity index (χ4v) is 5.87. The monoisotopic (exact) mass is 447 g/mol. The molecule has 1 aromatic carbocycles. The van der Waals surface area contributed by atoms with Crippen molar-refractivity contribution >= 4 is 15.9 Å². The van der Waals surface area contributed by atoms with Gasteiger partial charge in [0.2, 0.25) is 15.9 Å². The van der Waals surface area contributed by atoms with Crippen LogP contribution >= 0.6 is 0 Å². The number of halogens is 1. The number of carbonyl (C=O) groups is 1. The average Bonchev–Trinajstić information content (AvgIpc) is 3.43. The Kier molecular flexibility index (Phi) is 5.18. The molecule has 0 bridgehead atoms. The summed E-state index contributed by atoms with van der Waals surface area (Å²) in [7, 11) is -3.85. The van der Waals surface area contributed by atoms with Gasteiger partial charge in [0.05, 0.1) is 16.8 Å². The Labute approximate surface area is 178 Å². The van der Waals surface area contributed by atoms with Crippen LogP contribution in [0.5, 0.6) is 0 Å². The average molecular weight is 447 g/mol. The van der Waals surface area contributed by atoms with Gasteiger partial charge in [0.15, 0.2) is 0 Å². The number of H-pyrrole nitrogens is 1. The van der Waals surface area contributed by atoms with E-state index < -0.39 is 21.3 Å². The quantitative estimate of drug-likeness (QED) is 0.593. The van der Waals surface area contributed by atoms with Crippen LogP contribution in [0, 0.1) is 25.1 Å². The molecule has 2 aromatic heterocycles. The van der Waals surface area contributed by atoms with Crippen molar-refractivity contribution in [3.63, 3.8) is 0 Å². The molecular formula is C20H22FN5O4S. The molecule has 1 aliphatic heterocycles. The molecule has 3 N–H and O–H groups in total. The Balaban J connectivity index is 1.59. The fraction of sp³-hybridized carbons (Fsp3) is 0.350. The van der Waals surface area contributed by atoms with Crippen LogP contribution < -0.4 is 5.73 Å². The highest BCUT2D eigenvalue weighted by Crippen LogP contribution is 2.38. The number of nitrogens with one attached hydrogen (secondary N) is 1. The second kappa shape index (κ2) is 7.57. The van der Waals surface area contributed by atoms with Crippen LogP contribution in [0.3, 0.4) is 0 Å². The zero-order valence-electron chi connectivity index (χ0n) is 17.1. The van der Waals surface area contributed by atoms with E-state index in [-0.39, 0.29) is 36.6 Å².